The Labute approximate surface area is 217 Å². The molecule has 0 spiro atoms. The van der Waals surface area contributed by atoms with Gasteiger partial charge in [-0.3, -0.25) is 19.5 Å². The number of hydrogen-bond donors (Lipinski definition) is 0. The van der Waals surface area contributed by atoms with E-state index in [4.69, 9.17) is 9.47 Å². The van der Waals surface area contributed by atoms with Gasteiger partial charge in [-0.25, -0.2) is 13.8 Å². The molecule has 0 unspecified atom stereocenters. The highest BCUT2D eigenvalue weighted by Crippen LogP contribution is 2.33. The van der Waals surface area contributed by atoms with Crippen molar-refractivity contribution in [1.82, 2.24) is 9.13 Å². The quantitative estimate of drug-likeness (QED) is 0.180. The Morgan fingerprint density at radius 3 is 2.21 bits per heavy atom. The number of nitrogens with zero attached hydrogens (tertiary/aromatic N) is 3. The second kappa shape index (κ2) is 10.8. The predicted molar refractivity (Wildman–Crippen MR) is 130 cm³/mol. The maximum Gasteiger partial charge on any atom is 0.431 e. The van der Waals surface area contributed by atoms with Crippen molar-refractivity contribution < 1.29 is 32.0 Å². The Balaban J connectivity index is 1.70. The molecule has 1 aromatic heterocycles. The zero-order valence-corrected chi connectivity index (χ0v) is 20.1. The number of hydrogen-bond acceptors (Lipinski definition) is 6. The van der Waals surface area contributed by atoms with Crippen molar-refractivity contribution in [3.05, 3.63) is 126 Å². The van der Waals surface area contributed by atoms with Gasteiger partial charge in [0.1, 0.15) is 24.7 Å². The molecule has 1 heterocycles. The fourth-order valence-corrected chi connectivity index (χ4v) is 3.74. The third kappa shape index (κ3) is 5.81. The Hall–Kier alpha value is -4.94. The van der Waals surface area contributed by atoms with Crippen molar-refractivity contribution in [2.24, 2.45) is 7.05 Å². The molecule has 0 saturated heterocycles. The number of ether oxygens (including phenoxy) is 2. The highest BCUT2D eigenvalue weighted by Gasteiger charge is 2.35. The van der Waals surface area contributed by atoms with E-state index in [1.807, 2.05) is 30.3 Å². The number of alkyl halides is 3. The number of para-hydroxylation sites is 1. The van der Waals surface area contributed by atoms with Gasteiger partial charge < -0.3 is 9.47 Å². The van der Waals surface area contributed by atoms with Crippen LogP contribution < -0.4 is 20.7 Å². The summed E-state index contributed by atoms with van der Waals surface area (Å²) in [5, 5.41) is 11.6. The van der Waals surface area contributed by atoms with E-state index < -0.39 is 51.0 Å². The summed E-state index contributed by atoms with van der Waals surface area (Å²) < 4.78 is 66.1. The molecule has 4 aromatic rings. The van der Waals surface area contributed by atoms with Gasteiger partial charge in [-0.2, -0.15) is 13.2 Å². The standard InChI is InChI=1S/C26H19F4N3O6/c1-31-23(26(28,29)30)13-24(34)32(25(31)35)19-12-22(20(33(36)37)11-18(19)27)39-15-17-9-5-6-10-21(17)38-14-16-7-3-2-4-8-16/h2-13H,14-15H2,1H3. The first kappa shape index (κ1) is 27.1. The van der Waals surface area contributed by atoms with Gasteiger partial charge in [-0.05, 0) is 11.6 Å². The van der Waals surface area contributed by atoms with E-state index >= 15 is 0 Å². The number of aromatic nitrogens is 2. The largest absolute Gasteiger partial charge is 0.488 e. The summed E-state index contributed by atoms with van der Waals surface area (Å²) in [6.45, 7) is -0.0738. The first-order valence-corrected chi connectivity index (χ1v) is 11.2. The van der Waals surface area contributed by atoms with Crippen molar-refractivity contribution in [2.45, 2.75) is 19.4 Å². The highest BCUT2D eigenvalue weighted by molar-refractivity contribution is 5.54. The molecule has 0 bridgehead atoms. The summed E-state index contributed by atoms with van der Waals surface area (Å²) in [7, 11) is 0.758. The molecule has 0 amide bonds. The summed E-state index contributed by atoms with van der Waals surface area (Å²) in [5.74, 6) is -1.51. The molecule has 3 aromatic carbocycles. The molecule has 13 heteroatoms. The zero-order chi connectivity index (χ0) is 28.3. The second-order valence-corrected chi connectivity index (χ2v) is 8.24. The van der Waals surface area contributed by atoms with Crippen LogP contribution in [-0.2, 0) is 26.4 Å². The van der Waals surface area contributed by atoms with Gasteiger partial charge in [0.2, 0.25) is 0 Å². The van der Waals surface area contributed by atoms with Gasteiger partial charge in [0, 0.05) is 24.7 Å². The number of rotatable bonds is 8. The number of nitro groups is 1. The molecule has 0 aliphatic heterocycles. The molecule has 0 aliphatic rings. The Kier molecular flexibility index (Phi) is 7.51. The number of benzene rings is 3. The predicted octanol–water partition coefficient (Wildman–Crippen LogP) is 4.76. The molecular formula is C26H19F4N3O6. The first-order chi connectivity index (χ1) is 18.5. The lowest BCUT2D eigenvalue weighted by molar-refractivity contribution is -0.386. The summed E-state index contributed by atoms with van der Waals surface area (Å²) in [4.78, 5) is 35.7. The number of nitro benzene ring substituents is 1. The van der Waals surface area contributed by atoms with Gasteiger partial charge in [0.15, 0.2) is 11.6 Å². The fourth-order valence-electron chi connectivity index (χ4n) is 3.74. The lowest BCUT2D eigenvalue weighted by Gasteiger charge is -2.16. The Morgan fingerprint density at radius 1 is 0.897 bits per heavy atom. The van der Waals surface area contributed by atoms with E-state index in [9.17, 15) is 37.3 Å². The minimum atomic E-state index is -5.02. The van der Waals surface area contributed by atoms with Gasteiger partial charge >= 0.3 is 17.6 Å². The molecule has 9 nitrogen and oxygen atoms in total. The molecule has 0 saturated carbocycles. The minimum absolute atomic E-state index is 0.128. The van der Waals surface area contributed by atoms with Gasteiger partial charge in [-0.1, -0.05) is 48.5 Å². The summed E-state index contributed by atoms with van der Waals surface area (Å²) in [6, 6.07) is 17.2. The van der Waals surface area contributed by atoms with E-state index in [1.165, 1.54) is 0 Å². The molecule has 0 N–H and O–H groups in total. The third-order valence-electron chi connectivity index (χ3n) is 5.67. The summed E-state index contributed by atoms with van der Waals surface area (Å²) >= 11 is 0. The van der Waals surface area contributed by atoms with E-state index in [2.05, 4.69) is 0 Å². The molecule has 0 atom stereocenters. The van der Waals surface area contributed by atoms with Crippen molar-refractivity contribution in [2.75, 3.05) is 0 Å². The molecule has 39 heavy (non-hydrogen) atoms. The fraction of sp³-hybridized carbons (Fsp3) is 0.154. The molecular weight excluding hydrogens is 526 g/mol. The summed E-state index contributed by atoms with van der Waals surface area (Å²) in [6.07, 6.45) is -5.02. The maximum absolute atomic E-state index is 14.9. The van der Waals surface area contributed by atoms with Crippen LogP contribution in [0.1, 0.15) is 16.8 Å². The van der Waals surface area contributed by atoms with Crippen LogP contribution in [0.15, 0.2) is 82.4 Å². The maximum atomic E-state index is 14.9. The molecule has 202 valence electrons. The van der Waals surface area contributed by atoms with Crippen molar-refractivity contribution >= 4 is 5.69 Å². The van der Waals surface area contributed by atoms with Crippen LogP contribution in [0.2, 0.25) is 0 Å². The van der Waals surface area contributed by atoms with Gasteiger partial charge in [0.25, 0.3) is 5.56 Å². The van der Waals surface area contributed by atoms with Crippen LogP contribution in [0.25, 0.3) is 5.69 Å². The van der Waals surface area contributed by atoms with Crippen LogP contribution in [0.4, 0.5) is 23.2 Å². The molecule has 0 radical (unpaired) electrons. The lowest BCUT2D eigenvalue weighted by Crippen LogP contribution is -2.41. The monoisotopic (exact) mass is 545 g/mol. The van der Waals surface area contributed by atoms with Crippen LogP contribution in [0, 0.1) is 15.9 Å². The average Bonchev–Trinajstić information content (AvgIpc) is 2.89. The Bertz CT molecular complexity index is 1650. The molecule has 4 rings (SSSR count). The molecule has 0 fully saturated rings. The van der Waals surface area contributed by atoms with Crippen molar-refractivity contribution in [1.29, 1.82) is 0 Å². The highest BCUT2D eigenvalue weighted by atomic mass is 19.4. The minimum Gasteiger partial charge on any atom is -0.488 e. The van der Waals surface area contributed by atoms with Crippen LogP contribution in [0.5, 0.6) is 11.5 Å². The average molecular weight is 545 g/mol. The van der Waals surface area contributed by atoms with Crippen molar-refractivity contribution in [3.8, 4) is 17.2 Å². The lowest BCUT2D eigenvalue weighted by atomic mass is 10.2. The van der Waals surface area contributed by atoms with E-state index in [0.717, 1.165) is 18.7 Å². The van der Waals surface area contributed by atoms with Crippen LogP contribution >= 0.6 is 0 Å². The normalized spacial score (nSPS) is 11.3. The van der Waals surface area contributed by atoms with Crippen molar-refractivity contribution in [3.63, 3.8) is 0 Å². The third-order valence-corrected chi connectivity index (χ3v) is 5.67. The van der Waals surface area contributed by atoms with E-state index in [-0.39, 0.29) is 28.4 Å². The SMILES string of the molecule is Cn1c(C(F)(F)F)cc(=O)n(-c2cc(OCc3ccccc3OCc3ccccc3)c([N+](=O)[O-])cc2F)c1=O. The second-order valence-electron chi connectivity index (χ2n) is 8.24. The van der Waals surface area contributed by atoms with E-state index in [0.29, 0.717) is 17.4 Å². The van der Waals surface area contributed by atoms with E-state index in [1.54, 1.807) is 24.3 Å². The Morgan fingerprint density at radius 2 is 1.54 bits per heavy atom. The van der Waals surface area contributed by atoms with Crippen LogP contribution in [0.3, 0.4) is 0 Å². The zero-order valence-electron chi connectivity index (χ0n) is 20.1. The smallest absolute Gasteiger partial charge is 0.431 e. The van der Waals surface area contributed by atoms with Gasteiger partial charge in [-0.15, -0.1) is 0 Å². The molecule has 0 aliphatic carbocycles. The number of halogens is 4. The first-order valence-electron chi connectivity index (χ1n) is 11.2. The summed E-state index contributed by atoms with van der Waals surface area (Å²) in [5.41, 5.74) is -4.82. The topological polar surface area (TPSA) is 106 Å². The van der Waals surface area contributed by atoms with Gasteiger partial charge in [0.05, 0.1) is 16.7 Å². The van der Waals surface area contributed by atoms with Crippen LogP contribution in [-0.4, -0.2) is 14.1 Å².